The Hall–Kier alpha value is -3.71. The summed E-state index contributed by atoms with van der Waals surface area (Å²) in [5, 5.41) is 18.4. The fourth-order valence-corrected chi connectivity index (χ4v) is 5.58. The van der Waals surface area contributed by atoms with Gasteiger partial charge in [0, 0.05) is 31.7 Å². The van der Waals surface area contributed by atoms with Crippen LogP contribution in [0.5, 0.6) is 0 Å². The molecule has 5 N–H and O–H groups in total. The van der Waals surface area contributed by atoms with Crippen LogP contribution in [0.2, 0.25) is 0 Å². The molecule has 2 aliphatic rings. The summed E-state index contributed by atoms with van der Waals surface area (Å²) < 4.78 is 42.3. The number of guanidine groups is 1. The summed E-state index contributed by atoms with van der Waals surface area (Å²) in [5.41, 5.74) is 0.329. The summed E-state index contributed by atoms with van der Waals surface area (Å²) in [7, 11) is -4.12. The second-order valence-electron chi connectivity index (χ2n) is 9.06. The lowest BCUT2D eigenvalue weighted by Gasteiger charge is -2.39. The van der Waals surface area contributed by atoms with Crippen molar-refractivity contribution in [2.45, 2.75) is 42.8 Å². The molecule has 1 fully saturated rings. The van der Waals surface area contributed by atoms with E-state index in [0.717, 1.165) is 44.8 Å². The summed E-state index contributed by atoms with van der Waals surface area (Å²) in [6.07, 6.45) is 3.50. The molecule has 1 amide bonds. The van der Waals surface area contributed by atoms with Gasteiger partial charge in [-0.25, -0.2) is 12.8 Å². The second kappa shape index (κ2) is 12.2. The zero-order valence-electron chi connectivity index (χ0n) is 20.7. The van der Waals surface area contributed by atoms with Crippen LogP contribution in [0.3, 0.4) is 0 Å². The maximum absolute atomic E-state index is 15.2. The molecule has 2 aromatic rings. The number of benzene rings is 2. The molecule has 38 heavy (non-hydrogen) atoms. The number of aliphatic carboxylic acids is 1. The number of carbonyl (C=O) groups excluding carboxylic acids is 1. The Labute approximate surface area is 220 Å². The van der Waals surface area contributed by atoms with Crippen molar-refractivity contribution >= 4 is 33.5 Å². The van der Waals surface area contributed by atoms with Crippen LogP contribution in [-0.2, 0) is 14.8 Å². The van der Waals surface area contributed by atoms with Gasteiger partial charge in [0.1, 0.15) is 18.0 Å². The predicted molar refractivity (Wildman–Crippen MR) is 140 cm³/mol. The highest BCUT2D eigenvalue weighted by molar-refractivity contribution is 7.89. The number of hydrogen-bond acceptors (Lipinski definition) is 8. The van der Waals surface area contributed by atoms with Crippen LogP contribution in [-0.4, -0.2) is 69.7 Å². The Morgan fingerprint density at radius 3 is 2.63 bits per heavy atom. The highest BCUT2D eigenvalue weighted by Crippen LogP contribution is 2.27. The van der Waals surface area contributed by atoms with Gasteiger partial charge < -0.3 is 26.0 Å². The molecule has 1 saturated heterocycles. The third-order valence-corrected chi connectivity index (χ3v) is 7.83. The van der Waals surface area contributed by atoms with Crippen LogP contribution in [0.15, 0.2) is 58.4 Å². The molecule has 0 saturated carbocycles. The molecule has 1 unspecified atom stereocenters. The number of nitrogens with one attached hydrogen (secondary N) is 4. The van der Waals surface area contributed by atoms with Crippen molar-refractivity contribution in [1.29, 1.82) is 0 Å². The van der Waals surface area contributed by atoms with Crippen molar-refractivity contribution in [3.05, 3.63) is 59.9 Å². The van der Waals surface area contributed by atoms with Crippen molar-refractivity contribution in [3.63, 3.8) is 0 Å². The first kappa shape index (κ1) is 27.3. The summed E-state index contributed by atoms with van der Waals surface area (Å²) in [6, 6.07) is 9.75. The Balaban J connectivity index is 1.41. The van der Waals surface area contributed by atoms with Crippen LogP contribution >= 0.6 is 0 Å². The molecule has 4 rings (SSSR count). The number of nitrogens with zero attached hydrogens (tertiary/aromatic N) is 2. The van der Waals surface area contributed by atoms with Gasteiger partial charge in [0.05, 0.1) is 10.6 Å². The van der Waals surface area contributed by atoms with Gasteiger partial charge in [0.15, 0.2) is 5.96 Å². The predicted octanol–water partition coefficient (Wildman–Crippen LogP) is 1.24. The molecule has 2 aromatic carbocycles. The summed E-state index contributed by atoms with van der Waals surface area (Å²) in [5.74, 6) is -2.09. The number of aliphatic imine (C=N–C) groups is 1. The Kier molecular flexibility index (Phi) is 8.79. The van der Waals surface area contributed by atoms with Gasteiger partial charge in [-0.2, -0.15) is 4.72 Å². The average molecular weight is 547 g/mol. The summed E-state index contributed by atoms with van der Waals surface area (Å²) >= 11 is 0. The molecule has 0 aliphatic carbocycles. The van der Waals surface area contributed by atoms with E-state index >= 15 is 4.39 Å². The van der Waals surface area contributed by atoms with Crippen molar-refractivity contribution in [3.8, 4) is 0 Å². The van der Waals surface area contributed by atoms with E-state index in [-0.39, 0.29) is 16.6 Å². The van der Waals surface area contributed by atoms with E-state index in [1.807, 2.05) is 4.90 Å². The molecular formula is C25H31FN6O5S. The van der Waals surface area contributed by atoms with Crippen molar-refractivity contribution in [1.82, 2.24) is 20.7 Å². The van der Waals surface area contributed by atoms with Crippen LogP contribution in [0.4, 0.5) is 10.1 Å². The molecular weight excluding hydrogens is 515 g/mol. The highest BCUT2D eigenvalue weighted by Gasteiger charge is 2.28. The molecule has 0 bridgehead atoms. The van der Waals surface area contributed by atoms with Gasteiger partial charge in [-0.1, -0.05) is 18.2 Å². The molecule has 2 aliphatic heterocycles. The second-order valence-corrected chi connectivity index (χ2v) is 10.8. The van der Waals surface area contributed by atoms with E-state index in [1.54, 1.807) is 6.07 Å². The number of carboxylic acid groups (broad SMARTS) is 1. The monoisotopic (exact) mass is 546 g/mol. The fourth-order valence-electron chi connectivity index (χ4n) is 4.37. The van der Waals surface area contributed by atoms with Crippen LogP contribution in [0.25, 0.3) is 0 Å². The van der Waals surface area contributed by atoms with Crippen LogP contribution in [0.1, 0.15) is 36.0 Å². The number of amides is 1. The van der Waals surface area contributed by atoms with E-state index in [1.165, 1.54) is 36.4 Å². The number of hydrogen-bond donors (Lipinski definition) is 5. The van der Waals surface area contributed by atoms with Gasteiger partial charge in [-0.05, 0) is 56.0 Å². The Bertz CT molecular complexity index is 1290. The van der Waals surface area contributed by atoms with E-state index in [0.29, 0.717) is 18.2 Å². The van der Waals surface area contributed by atoms with E-state index < -0.39 is 40.3 Å². The minimum absolute atomic E-state index is 0.0128. The average Bonchev–Trinajstić information content (AvgIpc) is 2.92. The van der Waals surface area contributed by atoms with Crippen LogP contribution in [0, 0.1) is 5.82 Å². The highest BCUT2D eigenvalue weighted by atomic mass is 32.2. The van der Waals surface area contributed by atoms with Gasteiger partial charge in [0.25, 0.3) is 5.91 Å². The van der Waals surface area contributed by atoms with E-state index in [4.69, 9.17) is 0 Å². The van der Waals surface area contributed by atoms with E-state index in [9.17, 15) is 23.1 Å². The number of sulfonamides is 1. The van der Waals surface area contributed by atoms with Crippen molar-refractivity contribution in [2.24, 2.45) is 4.99 Å². The normalized spacial score (nSPS) is 18.6. The van der Waals surface area contributed by atoms with E-state index in [2.05, 4.69) is 25.7 Å². The minimum atomic E-state index is -4.12. The SMILES string of the molecule is O=C(NC[C@H](NS(=O)(=O)c1ccccc1)C(=O)O)c1ccc(N2CCCCC2NC2=NCCCN2)c(F)c1. The number of rotatable bonds is 9. The Morgan fingerprint density at radius 2 is 1.95 bits per heavy atom. The van der Waals surface area contributed by atoms with Gasteiger partial charge >= 0.3 is 5.97 Å². The summed E-state index contributed by atoms with van der Waals surface area (Å²) in [4.78, 5) is 30.6. The first-order chi connectivity index (χ1) is 18.2. The molecule has 204 valence electrons. The minimum Gasteiger partial charge on any atom is -0.480 e. The largest absolute Gasteiger partial charge is 0.480 e. The number of piperidine rings is 1. The number of anilines is 1. The zero-order chi connectivity index (χ0) is 27.1. The zero-order valence-corrected chi connectivity index (χ0v) is 21.5. The van der Waals surface area contributed by atoms with Crippen molar-refractivity contribution in [2.75, 3.05) is 31.1 Å². The van der Waals surface area contributed by atoms with Gasteiger partial charge in [-0.15, -0.1) is 0 Å². The first-order valence-corrected chi connectivity index (χ1v) is 13.9. The first-order valence-electron chi connectivity index (χ1n) is 12.4. The molecule has 0 spiro atoms. The number of halogens is 1. The molecule has 11 nitrogen and oxygen atoms in total. The molecule has 13 heteroatoms. The lowest BCUT2D eigenvalue weighted by atomic mass is 10.1. The van der Waals surface area contributed by atoms with Gasteiger partial charge in [0.2, 0.25) is 10.0 Å². The lowest BCUT2D eigenvalue weighted by Crippen LogP contribution is -2.55. The molecule has 0 aromatic heterocycles. The lowest BCUT2D eigenvalue weighted by molar-refractivity contribution is -0.138. The Morgan fingerprint density at radius 1 is 1.16 bits per heavy atom. The summed E-state index contributed by atoms with van der Waals surface area (Å²) in [6.45, 7) is 1.66. The van der Waals surface area contributed by atoms with Gasteiger partial charge in [-0.3, -0.25) is 14.6 Å². The molecule has 2 atom stereocenters. The topological polar surface area (TPSA) is 152 Å². The third-order valence-electron chi connectivity index (χ3n) is 6.34. The maximum atomic E-state index is 15.2. The third kappa shape index (κ3) is 6.78. The maximum Gasteiger partial charge on any atom is 0.323 e. The molecule has 0 radical (unpaired) electrons. The quantitative estimate of drug-likeness (QED) is 0.315. The molecule has 2 heterocycles. The van der Waals surface area contributed by atoms with Crippen LogP contribution < -0.4 is 25.6 Å². The number of carboxylic acids is 1. The fraction of sp³-hybridized carbons (Fsp3) is 0.400. The smallest absolute Gasteiger partial charge is 0.323 e. The standard InChI is InChI=1S/C25H31FN6O5S/c26-19-15-17(10-11-21(19)32-14-5-4-9-22(32)30-25-27-12-6-13-28-25)23(33)29-16-20(24(34)35)31-38(36,37)18-7-2-1-3-8-18/h1-3,7-8,10-11,15,20,22,31H,4-6,9,12-14,16H2,(H,29,33)(H,34,35)(H2,27,28,30)/t20-,22?/m0/s1. The number of carbonyl (C=O) groups is 2. The van der Waals surface area contributed by atoms with Crippen molar-refractivity contribution < 1.29 is 27.5 Å².